The summed E-state index contributed by atoms with van der Waals surface area (Å²) in [6, 6.07) is 21.7. The number of carboxylic acids is 1. The van der Waals surface area contributed by atoms with E-state index in [-0.39, 0.29) is 21.7 Å². The Morgan fingerprint density at radius 3 is 2.03 bits per heavy atom. The van der Waals surface area contributed by atoms with Crippen LogP contribution in [0.5, 0.6) is 0 Å². The number of carboxylic acid groups (broad SMARTS) is 1. The first-order valence-corrected chi connectivity index (χ1v) is 10.1. The van der Waals surface area contributed by atoms with Crippen molar-refractivity contribution in [3.63, 3.8) is 0 Å². The van der Waals surface area contributed by atoms with Crippen molar-refractivity contribution in [1.82, 2.24) is 3.97 Å². The molecule has 0 unspecified atom stereocenters. The third-order valence-corrected chi connectivity index (χ3v) is 6.32. The number of nitrogens with zero attached hydrogens (tertiary/aromatic N) is 1. The summed E-state index contributed by atoms with van der Waals surface area (Å²) in [7, 11) is -4.09. The summed E-state index contributed by atoms with van der Waals surface area (Å²) in [5, 5.41) is 9.99. The molecule has 29 heavy (non-hydrogen) atoms. The Morgan fingerprint density at radius 2 is 1.34 bits per heavy atom. The maximum absolute atomic E-state index is 13.4. The lowest BCUT2D eigenvalue weighted by atomic mass is 10.0. The zero-order valence-corrected chi connectivity index (χ0v) is 15.8. The number of rotatable bonds is 5. The molecule has 3 aromatic carbocycles. The zero-order valence-electron chi connectivity index (χ0n) is 15.0. The van der Waals surface area contributed by atoms with Gasteiger partial charge in [-0.15, -0.1) is 0 Å². The summed E-state index contributed by atoms with van der Waals surface area (Å²) >= 11 is 0. The number of ketones is 1. The molecule has 0 saturated heterocycles. The van der Waals surface area contributed by atoms with Gasteiger partial charge in [0.2, 0.25) is 5.78 Å². The molecule has 0 atom stereocenters. The van der Waals surface area contributed by atoms with Crippen LogP contribution in [0.4, 0.5) is 0 Å². The third kappa shape index (κ3) is 3.11. The smallest absolute Gasteiger partial charge is 0.336 e. The standard InChI is InChI=1S/C22H15NO5S/c24-21(17-11-5-6-12-18(17)22(25)26)20-14-15-8-4-7-13-19(15)23(20)29(27,28)16-9-2-1-3-10-16/h1-14H,(H,25,26). The second-order valence-electron chi connectivity index (χ2n) is 6.35. The number of benzene rings is 3. The molecular weight excluding hydrogens is 390 g/mol. The molecule has 0 saturated carbocycles. The molecule has 1 aromatic heterocycles. The molecular formula is C22H15NO5S. The summed E-state index contributed by atoms with van der Waals surface area (Å²) in [6.07, 6.45) is 0. The molecule has 4 aromatic rings. The molecule has 144 valence electrons. The molecule has 0 radical (unpaired) electrons. The molecule has 4 rings (SSSR count). The van der Waals surface area contributed by atoms with Gasteiger partial charge in [-0.2, -0.15) is 0 Å². The fourth-order valence-electron chi connectivity index (χ4n) is 3.25. The van der Waals surface area contributed by atoms with Crippen molar-refractivity contribution in [1.29, 1.82) is 0 Å². The van der Waals surface area contributed by atoms with E-state index >= 15 is 0 Å². The van der Waals surface area contributed by atoms with Gasteiger partial charge in [-0.1, -0.05) is 54.6 Å². The minimum Gasteiger partial charge on any atom is -0.478 e. The van der Waals surface area contributed by atoms with Crippen LogP contribution in [0, 0.1) is 0 Å². The second-order valence-corrected chi connectivity index (χ2v) is 8.14. The molecule has 7 heteroatoms. The van der Waals surface area contributed by atoms with E-state index in [2.05, 4.69) is 0 Å². The number of carbonyl (C=O) groups excluding carboxylic acids is 1. The molecule has 0 aliphatic rings. The highest BCUT2D eigenvalue weighted by atomic mass is 32.2. The number of para-hydroxylation sites is 1. The number of aromatic nitrogens is 1. The average Bonchev–Trinajstić information content (AvgIpc) is 3.14. The monoisotopic (exact) mass is 405 g/mol. The summed E-state index contributed by atoms with van der Waals surface area (Å²) < 4.78 is 27.7. The minimum atomic E-state index is -4.09. The highest BCUT2D eigenvalue weighted by molar-refractivity contribution is 7.90. The highest BCUT2D eigenvalue weighted by Gasteiger charge is 2.28. The minimum absolute atomic E-state index is 0.0296. The van der Waals surface area contributed by atoms with Crippen molar-refractivity contribution in [2.75, 3.05) is 0 Å². The van der Waals surface area contributed by atoms with Crippen molar-refractivity contribution >= 4 is 32.7 Å². The number of carbonyl (C=O) groups is 2. The van der Waals surface area contributed by atoms with Gasteiger partial charge in [-0.3, -0.25) is 4.79 Å². The van der Waals surface area contributed by atoms with Gasteiger partial charge in [-0.25, -0.2) is 17.2 Å². The van der Waals surface area contributed by atoms with Crippen LogP contribution in [0.25, 0.3) is 10.9 Å². The topological polar surface area (TPSA) is 93.4 Å². The Morgan fingerprint density at radius 1 is 0.759 bits per heavy atom. The second kappa shape index (κ2) is 7.03. The number of hydrogen-bond acceptors (Lipinski definition) is 4. The van der Waals surface area contributed by atoms with Crippen LogP contribution in [-0.4, -0.2) is 29.2 Å². The predicted octanol–water partition coefficient (Wildman–Crippen LogP) is 3.81. The van der Waals surface area contributed by atoms with Gasteiger partial charge in [0.05, 0.1) is 16.0 Å². The first kappa shape index (κ1) is 18.6. The van der Waals surface area contributed by atoms with Gasteiger partial charge in [0.25, 0.3) is 10.0 Å². The molecule has 0 fully saturated rings. The lowest BCUT2D eigenvalue weighted by Crippen LogP contribution is -2.20. The first-order valence-electron chi connectivity index (χ1n) is 8.69. The third-order valence-electron chi connectivity index (χ3n) is 4.58. The van der Waals surface area contributed by atoms with Crippen LogP contribution < -0.4 is 0 Å². The summed E-state index contributed by atoms with van der Waals surface area (Å²) in [4.78, 5) is 24.9. The van der Waals surface area contributed by atoms with Crippen molar-refractivity contribution in [3.8, 4) is 0 Å². The zero-order chi connectivity index (χ0) is 20.6. The van der Waals surface area contributed by atoms with Crippen molar-refractivity contribution in [3.05, 3.63) is 102 Å². The van der Waals surface area contributed by atoms with E-state index in [0.29, 0.717) is 10.9 Å². The number of aromatic carboxylic acids is 1. The van der Waals surface area contributed by atoms with E-state index < -0.39 is 21.8 Å². The average molecular weight is 405 g/mol. The van der Waals surface area contributed by atoms with E-state index in [1.807, 2.05) is 0 Å². The van der Waals surface area contributed by atoms with Crippen LogP contribution >= 0.6 is 0 Å². The maximum Gasteiger partial charge on any atom is 0.336 e. The van der Waals surface area contributed by atoms with Crippen molar-refractivity contribution in [2.24, 2.45) is 0 Å². The summed E-state index contributed by atoms with van der Waals surface area (Å²) in [6.45, 7) is 0. The molecule has 6 nitrogen and oxygen atoms in total. The van der Waals surface area contributed by atoms with E-state index in [9.17, 15) is 23.1 Å². The Balaban J connectivity index is 2.02. The van der Waals surface area contributed by atoms with Gasteiger partial charge in [0.15, 0.2) is 0 Å². The lowest BCUT2D eigenvalue weighted by molar-refractivity contribution is 0.0692. The van der Waals surface area contributed by atoms with E-state index in [1.165, 1.54) is 36.4 Å². The molecule has 0 amide bonds. The van der Waals surface area contributed by atoms with Crippen LogP contribution in [0.2, 0.25) is 0 Å². The van der Waals surface area contributed by atoms with E-state index in [0.717, 1.165) is 3.97 Å². The van der Waals surface area contributed by atoms with Crippen LogP contribution in [-0.2, 0) is 10.0 Å². The van der Waals surface area contributed by atoms with Crippen LogP contribution in [0.1, 0.15) is 26.4 Å². The summed E-state index contributed by atoms with van der Waals surface area (Å²) in [5.41, 5.74) is -0.0463. The molecule has 0 bridgehead atoms. The van der Waals surface area contributed by atoms with Gasteiger partial charge < -0.3 is 5.11 Å². The quantitative estimate of drug-likeness (QED) is 0.510. The Kier molecular flexibility index (Phi) is 4.52. The lowest BCUT2D eigenvalue weighted by Gasteiger charge is -2.12. The van der Waals surface area contributed by atoms with Crippen molar-refractivity contribution in [2.45, 2.75) is 4.90 Å². The van der Waals surface area contributed by atoms with Crippen molar-refractivity contribution < 1.29 is 23.1 Å². The van der Waals surface area contributed by atoms with Gasteiger partial charge in [0.1, 0.15) is 5.69 Å². The fourth-order valence-corrected chi connectivity index (χ4v) is 4.78. The highest BCUT2D eigenvalue weighted by Crippen LogP contribution is 2.28. The Labute approximate surface area is 166 Å². The van der Waals surface area contributed by atoms with E-state index in [4.69, 9.17) is 0 Å². The van der Waals surface area contributed by atoms with E-state index in [1.54, 1.807) is 48.5 Å². The molecule has 1 heterocycles. The SMILES string of the molecule is O=C(O)c1ccccc1C(=O)c1cc2ccccc2n1S(=O)(=O)c1ccccc1. The largest absolute Gasteiger partial charge is 0.478 e. The normalized spacial score (nSPS) is 11.4. The first-order chi connectivity index (χ1) is 13.9. The Bertz CT molecular complexity index is 1350. The van der Waals surface area contributed by atoms with Gasteiger partial charge in [0, 0.05) is 10.9 Å². The molecule has 0 spiro atoms. The van der Waals surface area contributed by atoms with Gasteiger partial charge in [-0.05, 0) is 30.3 Å². The maximum atomic E-state index is 13.4. The molecule has 0 aliphatic heterocycles. The number of fused-ring (bicyclic) bond motifs is 1. The van der Waals surface area contributed by atoms with Gasteiger partial charge >= 0.3 is 5.97 Å². The van der Waals surface area contributed by atoms with Crippen LogP contribution in [0.3, 0.4) is 0 Å². The molecule has 0 aliphatic carbocycles. The number of hydrogen-bond donors (Lipinski definition) is 1. The molecule has 1 N–H and O–H groups in total. The fraction of sp³-hybridized carbons (Fsp3) is 0. The Hall–Kier alpha value is -3.71. The summed E-state index contributed by atoms with van der Waals surface area (Å²) in [5.74, 6) is -1.94. The van der Waals surface area contributed by atoms with Crippen LogP contribution in [0.15, 0.2) is 89.8 Å². The predicted molar refractivity (Wildman–Crippen MR) is 108 cm³/mol.